The van der Waals surface area contributed by atoms with Gasteiger partial charge in [-0.25, -0.2) is 0 Å². The van der Waals surface area contributed by atoms with Crippen molar-refractivity contribution in [2.45, 2.75) is 38.8 Å². The molecule has 0 aliphatic rings. The summed E-state index contributed by atoms with van der Waals surface area (Å²) in [6.07, 6.45) is 0.543. The van der Waals surface area contributed by atoms with E-state index in [2.05, 4.69) is 20.9 Å². The number of carbonyl (C=O) groups excluding carboxylic acids is 3. The summed E-state index contributed by atoms with van der Waals surface area (Å²) in [5, 5.41) is 15.7. The van der Waals surface area contributed by atoms with E-state index in [4.69, 9.17) is 22.3 Å². The SMILES string of the molecule is CC(C)C(N)C(=O)NCC(=O)NC(CCCN=C(N)N)C(=O)NCC(=O)O. The number of carboxylic acids is 1. The van der Waals surface area contributed by atoms with Gasteiger partial charge < -0.3 is 38.3 Å². The first kappa shape index (κ1) is 24.1. The van der Waals surface area contributed by atoms with E-state index in [1.807, 2.05) is 0 Å². The number of carboxylic acid groups (broad SMARTS) is 1. The largest absolute Gasteiger partial charge is 0.480 e. The van der Waals surface area contributed by atoms with Gasteiger partial charge in [-0.2, -0.15) is 0 Å². The van der Waals surface area contributed by atoms with Gasteiger partial charge in [0.2, 0.25) is 17.7 Å². The number of hydrogen-bond donors (Lipinski definition) is 7. The Morgan fingerprint density at radius 1 is 1.04 bits per heavy atom. The molecule has 0 aromatic heterocycles. The zero-order valence-electron chi connectivity index (χ0n) is 15.5. The molecule has 12 heteroatoms. The van der Waals surface area contributed by atoms with Gasteiger partial charge in [0, 0.05) is 6.54 Å². The quantitative estimate of drug-likeness (QED) is 0.103. The van der Waals surface area contributed by atoms with Crippen LogP contribution in [0.5, 0.6) is 0 Å². The zero-order valence-corrected chi connectivity index (χ0v) is 15.5. The summed E-state index contributed by atoms with van der Waals surface area (Å²) in [7, 11) is 0. The second-order valence-corrected chi connectivity index (χ2v) is 6.17. The topological polar surface area (TPSA) is 215 Å². The average molecular weight is 387 g/mol. The minimum Gasteiger partial charge on any atom is -0.480 e. The van der Waals surface area contributed by atoms with Crippen LogP contribution in [0.3, 0.4) is 0 Å². The predicted octanol–water partition coefficient (Wildman–Crippen LogP) is -3.17. The number of nitrogens with one attached hydrogen (secondary N) is 3. The number of guanidine groups is 1. The third kappa shape index (κ3) is 11.4. The lowest BCUT2D eigenvalue weighted by Crippen LogP contribution is -2.52. The number of amides is 3. The minimum atomic E-state index is -1.22. The van der Waals surface area contributed by atoms with Crippen molar-refractivity contribution < 1.29 is 24.3 Å². The molecule has 0 bridgehead atoms. The van der Waals surface area contributed by atoms with E-state index >= 15 is 0 Å². The van der Waals surface area contributed by atoms with E-state index < -0.39 is 42.3 Å². The fraction of sp³-hybridized carbons (Fsp3) is 0.667. The normalized spacial score (nSPS) is 12.6. The van der Waals surface area contributed by atoms with Gasteiger partial charge in [-0.1, -0.05) is 13.8 Å². The lowest BCUT2D eigenvalue weighted by Gasteiger charge is -2.19. The highest BCUT2D eigenvalue weighted by atomic mass is 16.4. The first-order chi connectivity index (χ1) is 12.5. The van der Waals surface area contributed by atoms with Crippen LogP contribution in [0.4, 0.5) is 0 Å². The fourth-order valence-electron chi connectivity index (χ4n) is 1.89. The van der Waals surface area contributed by atoms with Crippen LogP contribution < -0.4 is 33.2 Å². The van der Waals surface area contributed by atoms with E-state index in [-0.39, 0.29) is 31.4 Å². The van der Waals surface area contributed by atoms with Crippen LogP contribution in [-0.2, 0) is 19.2 Å². The number of carbonyl (C=O) groups is 4. The summed E-state index contributed by atoms with van der Waals surface area (Å²) in [5.41, 5.74) is 16.1. The molecule has 10 N–H and O–H groups in total. The van der Waals surface area contributed by atoms with Crippen molar-refractivity contribution in [1.29, 1.82) is 0 Å². The summed E-state index contributed by atoms with van der Waals surface area (Å²) in [5.74, 6) is -3.19. The number of hydrogen-bond acceptors (Lipinski definition) is 6. The third-order valence-corrected chi connectivity index (χ3v) is 3.46. The molecule has 2 atom stereocenters. The molecule has 0 aromatic rings. The van der Waals surface area contributed by atoms with Crippen LogP contribution in [0.1, 0.15) is 26.7 Å². The molecule has 0 saturated heterocycles. The smallest absolute Gasteiger partial charge is 0.322 e. The van der Waals surface area contributed by atoms with E-state index in [0.29, 0.717) is 6.42 Å². The lowest BCUT2D eigenvalue weighted by atomic mass is 10.1. The highest BCUT2D eigenvalue weighted by Crippen LogP contribution is 2.00. The number of aliphatic carboxylic acids is 1. The monoisotopic (exact) mass is 387 g/mol. The Bertz CT molecular complexity index is 561. The third-order valence-electron chi connectivity index (χ3n) is 3.46. The number of rotatable bonds is 12. The maximum absolute atomic E-state index is 12.1. The minimum absolute atomic E-state index is 0.0989. The Kier molecular flexibility index (Phi) is 11.1. The lowest BCUT2D eigenvalue weighted by molar-refractivity contribution is -0.138. The molecule has 0 aliphatic carbocycles. The fourth-order valence-corrected chi connectivity index (χ4v) is 1.89. The number of nitrogens with zero attached hydrogens (tertiary/aromatic N) is 1. The molecule has 0 aliphatic heterocycles. The van der Waals surface area contributed by atoms with Crippen LogP contribution in [-0.4, -0.2) is 66.5 Å². The summed E-state index contributed by atoms with van der Waals surface area (Å²) in [6.45, 7) is 2.82. The molecule has 154 valence electrons. The van der Waals surface area contributed by atoms with Gasteiger partial charge >= 0.3 is 5.97 Å². The molecular formula is C15H29N7O5. The maximum Gasteiger partial charge on any atom is 0.322 e. The second kappa shape index (κ2) is 12.5. The van der Waals surface area contributed by atoms with Gasteiger partial charge in [-0.05, 0) is 18.8 Å². The van der Waals surface area contributed by atoms with Crippen molar-refractivity contribution in [2.75, 3.05) is 19.6 Å². The molecular weight excluding hydrogens is 358 g/mol. The van der Waals surface area contributed by atoms with E-state index in [1.54, 1.807) is 13.8 Å². The van der Waals surface area contributed by atoms with Crippen molar-refractivity contribution in [2.24, 2.45) is 28.1 Å². The van der Waals surface area contributed by atoms with E-state index in [1.165, 1.54) is 0 Å². The van der Waals surface area contributed by atoms with Crippen molar-refractivity contribution >= 4 is 29.7 Å². The first-order valence-corrected chi connectivity index (χ1v) is 8.42. The number of nitrogens with two attached hydrogens (primary N) is 3. The van der Waals surface area contributed by atoms with Crippen molar-refractivity contribution in [3.63, 3.8) is 0 Å². The molecule has 2 unspecified atom stereocenters. The van der Waals surface area contributed by atoms with Crippen molar-refractivity contribution in [3.8, 4) is 0 Å². The van der Waals surface area contributed by atoms with E-state index in [9.17, 15) is 19.2 Å². The Labute approximate surface area is 157 Å². The van der Waals surface area contributed by atoms with Gasteiger partial charge in [0.25, 0.3) is 0 Å². The molecule has 3 amide bonds. The van der Waals surface area contributed by atoms with Crippen molar-refractivity contribution in [1.82, 2.24) is 16.0 Å². The Balaban J connectivity index is 4.68. The van der Waals surface area contributed by atoms with E-state index in [0.717, 1.165) is 0 Å². The van der Waals surface area contributed by atoms with Gasteiger partial charge in [0.1, 0.15) is 12.6 Å². The van der Waals surface area contributed by atoms with Gasteiger partial charge in [0.05, 0.1) is 12.6 Å². The summed E-state index contributed by atoms with van der Waals surface area (Å²) < 4.78 is 0. The highest BCUT2D eigenvalue weighted by molar-refractivity contribution is 5.91. The number of aliphatic imine (C=N–C) groups is 1. The van der Waals surface area contributed by atoms with Crippen LogP contribution >= 0.6 is 0 Å². The first-order valence-electron chi connectivity index (χ1n) is 8.42. The Morgan fingerprint density at radius 2 is 1.63 bits per heavy atom. The summed E-state index contributed by atoms with van der Waals surface area (Å²) >= 11 is 0. The molecule has 0 rings (SSSR count). The molecule has 0 radical (unpaired) electrons. The standard InChI is InChI=1S/C15H29N7O5/c1-8(2)12(16)14(27)20-6-10(23)22-9(4-3-5-19-15(17)18)13(26)21-7-11(24)25/h8-9,12H,3-7,16H2,1-2H3,(H,20,27)(H,21,26)(H,22,23)(H,24,25)(H4,17,18,19). The Morgan fingerprint density at radius 3 is 2.15 bits per heavy atom. The van der Waals surface area contributed by atoms with Crippen molar-refractivity contribution in [3.05, 3.63) is 0 Å². The van der Waals surface area contributed by atoms with Crippen LogP contribution in [0, 0.1) is 5.92 Å². The van der Waals surface area contributed by atoms with Crippen LogP contribution in [0.2, 0.25) is 0 Å². The Hall–Kier alpha value is -2.89. The molecule has 0 fully saturated rings. The summed E-state index contributed by atoms with van der Waals surface area (Å²) in [6, 6.07) is -1.76. The van der Waals surface area contributed by atoms with Crippen LogP contribution in [0.25, 0.3) is 0 Å². The van der Waals surface area contributed by atoms with Gasteiger partial charge in [-0.15, -0.1) is 0 Å². The zero-order chi connectivity index (χ0) is 21.0. The van der Waals surface area contributed by atoms with Gasteiger partial charge in [-0.3, -0.25) is 24.2 Å². The molecule has 0 saturated carbocycles. The van der Waals surface area contributed by atoms with Crippen LogP contribution in [0.15, 0.2) is 4.99 Å². The predicted molar refractivity (Wildman–Crippen MR) is 98.3 cm³/mol. The highest BCUT2D eigenvalue weighted by Gasteiger charge is 2.22. The maximum atomic E-state index is 12.1. The molecule has 0 heterocycles. The summed E-state index contributed by atoms with van der Waals surface area (Å²) in [4.78, 5) is 50.2. The van der Waals surface area contributed by atoms with Gasteiger partial charge in [0.15, 0.2) is 5.96 Å². The molecule has 12 nitrogen and oxygen atoms in total. The molecule has 0 aromatic carbocycles. The molecule has 27 heavy (non-hydrogen) atoms. The average Bonchev–Trinajstić information content (AvgIpc) is 2.58. The molecule has 0 spiro atoms. The second-order valence-electron chi connectivity index (χ2n) is 6.17.